The molecule has 0 aliphatic rings. The number of hydrogen-bond donors (Lipinski definition) is 5. The van der Waals surface area contributed by atoms with Gasteiger partial charge in [0.1, 0.15) is 57.5 Å². The molecule has 684 valence electrons. The van der Waals surface area contributed by atoms with Crippen LogP contribution in [0.5, 0.6) is 57.5 Å². The fourth-order valence-electron chi connectivity index (χ4n) is 14.4. The normalized spacial score (nSPS) is 10.6. The van der Waals surface area contributed by atoms with E-state index in [2.05, 4.69) is 74.8 Å². The van der Waals surface area contributed by atoms with Crippen molar-refractivity contribution < 1.29 is 49.2 Å². The summed E-state index contributed by atoms with van der Waals surface area (Å²) >= 11 is 0. The minimum absolute atomic E-state index is 0.111. The molecule has 5 heterocycles. The lowest BCUT2D eigenvalue weighted by Gasteiger charge is -2.11. The Labute approximate surface area is 803 Å². The van der Waals surface area contributed by atoms with Gasteiger partial charge in [-0.15, -0.1) is 0 Å². The number of phenols is 5. The molecule has 25 nitrogen and oxygen atoms in total. The molecule has 139 heavy (non-hydrogen) atoms. The molecule has 5 aromatic heterocycles. The zero-order chi connectivity index (χ0) is 96.7. The van der Waals surface area contributed by atoms with Gasteiger partial charge < -0.3 is 49.2 Å². The number of aryl methyl sites for hydroxylation is 4. The van der Waals surface area contributed by atoms with Gasteiger partial charge in [0.2, 0.25) is 0 Å². The van der Waals surface area contributed by atoms with Crippen molar-refractivity contribution in [3.63, 3.8) is 0 Å². The van der Waals surface area contributed by atoms with Crippen LogP contribution in [0.1, 0.15) is 22.3 Å². The number of ether oxygens (including phenoxy) is 5. The summed E-state index contributed by atoms with van der Waals surface area (Å²) in [5, 5.41) is 51.8. The van der Waals surface area contributed by atoms with Crippen LogP contribution in [0.25, 0.3) is 171 Å². The van der Waals surface area contributed by atoms with Gasteiger partial charge >= 0.3 is 0 Å². The first kappa shape index (κ1) is 93.6. The smallest absolute Gasteiger partial charge is 0.167 e. The predicted octanol–water partition coefficient (Wildman–Crippen LogP) is 24.2. The van der Waals surface area contributed by atoms with Crippen molar-refractivity contribution in [1.82, 2.24) is 74.8 Å². The van der Waals surface area contributed by atoms with Crippen molar-refractivity contribution in [1.29, 1.82) is 0 Å². The Bertz CT molecular complexity index is 7420. The molecule has 0 unspecified atom stereocenters. The fraction of sp³-hybridized carbons (Fsp3) is 0.0789. The van der Waals surface area contributed by atoms with Crippen molar-refractivity contribution in [2.24, 2.45) is 0 Å². The fourth-order valence-corrected chi connectivity index (χ4v) is 14.4. The van der Waals surface area contributed by atoms with Crippen LogP contribution in [0, 0.1) is 27.7 Å². The van der Waals surface area contributed by atoms with Gasteiger partial charge in [-0.25, -0.2) is 74.8 Å². The highest BCUT2D eigenvalue weighted by atomic mass is 16.5. The summed E-state index contributed by atoms with van der Waals surface area (Å²) in [4.78, 5) is 69.5. The summed E-state index contributed by atoms with van der Waals surface area (Å²) in [7, 11) is 8.12. The summed E-state index contributed by atoms with van der Waals surface area (Å²) in [5.74, 6) is 12.0. The third kappa shape index (κ3) is 23.2. The van der Waals surface area contributed by atoms with Crippen molar-refractivity contribution in [3.05, 3.63) is 392 Å². The number of aromatic nitrogens is 15. The van der Waals surface area contributed by atoms with Gasteiger partial charge in [0.25, 0.3) is 0 Å². The Balaban J connectivity index is 0.000000126. The van der Waals surface area contributed by atoms with Crippen LogP contribution in [0.2, 0.25) is 0 Å². The largest absolute Gasteiger partial charge is 0.507 e. The van der Waals surface area contributed by atoms with Crippen molar-refractivity contribution in [3.8, 4) is 228 Å². The third-order valence-corrected chi connectivity index (χ3v) is 22.0. The van der Waals surface area contributed by atoms with Crippen LogP contribution in [0.3, 0.4) is 0 Å². The lowest BCUT2D eigenvalue weighted by atomic mass is 10.1. The summed E-state index contributed by atoms with van der Waals surface area (Å²) in [6, 6.07) is 115. The summed E-state index contributed by atoms with van der Waals surface area (Å²) in [6.07, 6.45) is 0. The Kier molecular flexibility index (Phi) is 29.8. The van der Waals surface area contributed by atoms with Crippen LogP contribution in [-0.4, -0.2) is 136 Å². The first-order chi connectivity index (χ1) is 67.8. The molecular weight excluding hydrogens is 1740 g/mol. The molecule has 0 aliphatic carbocycles. The second-order valence-corrected chi connectivity index (χ2v) is 31.5. The van der Waals surface area contributed by atoms with Gasteiger partial charge in [-0.3, -0.25) is 0 Å². The van der Waals surface area contributed by atoms with Crippen LogP contribution >= 0.6 is 0 Å². The molecule has 0 amide bonds. The molecular formula is C114H93N15O10. The number of hydrogen-bond acceptors (Lipinski definition) is 25. The maximum Gasteiger partial charge on any atom is 0.167 e. The first-order valence-corrected chi connectivity index (χ1v) is 44.1. The van der Waals surface area contributed by atoms with Gasteiger partial charge in [0.15, 0.2) is 87.4 Å². The van der Waals surface area contributed by atoms with E-state index in [0.29, 0.717) is 115 Å². The molecule has 0 fully saturated rings. The van der Waals surface area contributed by atoms with E-state index in [1.165, 1.54) is 5.56 Å². The average Bonchev–Trinajstić information content (AvgIpc) is 0.795. The van der Waals surface area contributed by atoms with Gasteiger partial charge in [-0.2, -0.15) is 0 Å². The third-order valence-electron chi connectivity index (χ3n) is 22.0. The monoisotopic (exact) mass is 1830 g/mol. The number of nitrogens with zero attached hydrogens (tertiary/aromatic N) is 15. The number of rotatable bonds is 20. The Morgan fingerprint density at radius 1 is 0.158 bits per heavy atom. The number of phenolic OH excluding ortho intramolecular Hbond substituents is 5. The molecule has 25 heteroatoms. The first-order valence-electron chi connectivity index (χ1n) is 44.1. The zero-order valence-corrected chi connectivity index (χ0v) is 77.2. The molecule has 0 saturated carbocycles. The minimum atomic E-state index is 0.111. The maximum atomic E-state index is 10.6. The quantitative estimate of drug-likeness (QED) is 0.0473. The number of para-hydroxylation sites is 4. The zero-order valence-electron chi connectivity index (χ0n) is 77.2. The lowest BCUT2D eigenvalue weighted by Crippen LogP contribution is -2.01. The number of methoxy groups -OCH3 is 5. The van der Waals surface area contributed by atoms with Crippen molar-refractivity contribution in [2.45, 2.75) is 27.7 Å². The van der Waals surface area contributed by atoms with Crippen LogP contribution in [0.4, 0.5) is 0 Å². The molecule has 0 radical (unpaired) electrons. The van der Waals surface area contributed by atoms with Crippen LogP contribution in [0.15, 0.2) is 370 Å². The van der Waals surface area contributed by atoms with E-state index >= 15 is 0 Å². The van der Waals surface area contributed by atoms with Gasteiger partial charge in [-0.05, 0) is 220 Å². The van der Waals surface area contributed by atoms with Crippen molar-refractivity contribution in [2.75, 3.05) is 35.5 Å². The van der Waals surface area contributed by atoms with Crippen LogP contribution < -0.4 is 23.7 Å². The van der Waals surface area contributed by atoms with E-state index in [4.69, 9.17) is 23.7 Å². The molecule has 0 aliphatic heterocycles. The van der Waals surface area contributed by atoms with Gasteiger partial charge in [0.05, 0.1) is 63.4 Å². The molecule has 0 atom stereocenters. The van der Waals surface area contributed by atoms with E-state index in [1.807, 2.05) is 331 Å². The second-order valence-electron chi connectivity index (χ2n) is 31.5. The highest BCUT2D eigenvalue weighted by Gasteiger charge is 2.23. The molecule has 0 spiro atoms. The Morgan fingerprint density at radius 2 is 0.360 bits per heavy atom. The van der Waals surface area contributed by atoms with E-state index in [-0.39, 0.29) is 28.7 Å². The Morgan fingerprint density at radius 3 is 0.633 bits per heavy atom. The van der Waals surface area contributed by atoms with Crippen molar-refractivity contribution >= 4 is 0 Å². The van der Waals surface area contributed by atoms with Gasteiger partial charge in [0, 0.05) is 55.6 Å². The predicted molar refractivity (Wildman–Crippen MR) is 541 cm³/mol. The van der Waals surface area contributed by atoms with E-state index in [0.717, 1.165) is 101 Å². The molecule has 15 aromatic carbocycles. The van der Waals surface area contributed by atoms with E-state index in [1.54, 1.807) is 102 Å². The molecule has 0 bridgehead atoms. The van der Waals surface area contributed by atoms with E-state index < -0.39 is 0 Å². The Hall–Kier alpha value is -18.7. The summed E-state index contributed by atoms with van der Waals surface area (Å²) in [5.41, 5.74) is 15.5. The SMILES string of the molecule is COc1ccc(-c2nc(-c3ccc(OC)cc3)nc(-c3cccc(C)c3O)n2)cc1.COc1ccc(-c2nc(-c3ccc(OC)cc3)nc(-c3ccccc3O)n2)cc1.COc1ccc(-c2nc(-c3ccccc3)nc(-c3ccccc3O)n2)cc1.Cc1ccc(-c2nc(-c3ccccc3)nc(-c3ccc(C)cc3O)n2)cc1.Cc1ccccc1-c1nc(-c2ccccc2)nc(-c2ccccc2O)n1. The number of benzene rings is 15. The maximum absolute atomic E-state index is 10.6. The standard InChI is InChI=1S/C24H21N3O3.C23H19N3O3.C23H19N3O.C22H17N3O2.C22H17N3O/c1-15-5-4-6-20(21(15)28)24-26-22(16-7-11-18(29-2)12-8-16)25-23(27-24)17-9-13-19(30-3)14-10-17;1-28-17-11-7-15(8-12-17)21-24-22(16-9-13-18(29-2)14-10-16)26-23(25-21)19-5-3-4-6-20(19)27;1-15-8-11-18(12-9-15)22-24-21(17-6-4-3-5-7-17)25-23(26-22)19-13-10-16(2)14-20(19)27;1-27-17-13-11-16(12-14-17)21-23-20(15-7-3-2-4-8-15)24-22(25-21)18-9-5-6-10-19(18)26;1-15-9-5-6-12-17(15)21-23-20(16-10-3-2-4-11-16)24-22(25-21)18-13-7-8-14-19(18)26/h4-14,28H,1-3H3;3-14,27H,1-2H3;3-14,27H,1-2H3;2-14,26H,1H3;2-14,26H,1H3. The minimum Gasteiger partial charge on any atom is -0.507 e. The molecule has 20 rings (SSSR count). The van der Waals surface area contributed by atoms with Gasteiger partial charge in [-0.1, -0.05) is 200 Å². The highest BCUT2D eigenvalue weighted by Crippen LogP contribution is 2.39. The summed E-state index contributed by atoms with van der Waals surface area (Å²) < 4.78 is 26.2. The summed E-state index contributed by atoms with van der Waals surface area (Å²) in [6.45, 7) is 7.85. The number of aromatic hydroxyl groups is 5. The topological polar surface area (TPSA) is 341 Å². The van der Waals surface area contributed by atoms with E-state index in [9.17, 15) is 25.5 Å². The van der Waals surface area contributed by atoms with Crippen LogP contribution in [-0.2, 0) is 0 Å². The lowest BCUT2D eigenvalue weighted by molar-refractivity contribution is 0.414. The second kappa shape index (κ2) is 44.3. The molecule has 5 N–H and O–H groups in total. The molecule has 0 saturated heterocycles. The molecule has 20 aromatic rings. The average molecular weight is 1830 g/mol. The highest BCUT2D eigenvalue weighted by molar-refractivity contribution is 5.77.